The molecule has 0 aliphatic carbocycles. The lowest BCUT2D eigenvalue weighted by molar-refractivity contribution is 0.461. The first kappa shape index (κ1) is 19.1. The molecule has 0 atom stereocenters. The van der Waals surface area contributed by atoms with Crippen LogP contribution in [0.5, 0.6) is 11.6 Å². The van der Waals surface area contributed by atoms with E-state index < -0.39 is 10.0 Å². The average molecular weight is 472 g/mol. The molecule has 0 spiro atoms. The summed E-state index contributed by atoms with van der Waals surface area (Å²) in [6, 6.07) is 14.8. The second kappa shape index (κ2) is 8.02. The topological polar surface area (TPSA) is 99.0 Å². The first-order valence-corrected chi connectivity index (χ1v) is 10.6. The Kier molecular flexibility index (Phi) is 5.28. The third kappa shape index (κ3) is 4.44. The minimum Gasteiger partial charge on any atom is -0.439 e. The van der Waals surface area contributed by atoms with E-state index in [1.165, 1.54) is 12.4 Å². The highest BCUT2D eigenvalue weighted by Crippen LogP contribution is 2.26. The largest absolute Gasteiger partial charge is 0.439 e. The van der Waals surface area contributed by atoms with Gasteiger partial charge in [-0.15, -0.1) is 0 Å². The number of sulfonamides is 1. The first-order chi connectivity index (χ1) is 14.0. The van der Waals surface area contributed by atoms with Gasteiger partial charge in [0.25, 0.3) is 10.0 Å². The van der Waals surface area contributed by atoms with Crippen LogP contribution in [0.3, 0.4) is 0 Å². The molecule has 0 amide bonds. The molecule has 1 N–H and O–H groups in total. The lowest BCUT2D eigenvalue weighted by Gasteiger charge is -2.10. The molecule has 10 heteroatoms. The van der Waals surface area contributed by atoms with Gasteiger partial charge in [0.15, 0.2) is 0 Å². The van der Waals surface area contributed by atoms with Gasteiger partial charge in [-0.3, -0.25) is 9.29 Å². The van der Waals surface area contributed by atoms with Gasteiger partial charge in [-0.1, -0.05) is 12.1 Å². The molecule has 4 aromatic rings. The number of anilines is 1. The molecule has 0 unspecified atom stereocenters. The van der Waals surface area contributed by atoms with Gasteiger partial charge in [0.05, 0.1) is 0 Å². The van der Waals surface area contributed by atoms with Crippen LogP contribution in [0.2, 0.25) is 0 Å². The van der Waals surface area contributed by atoms with E-state index in [-0.39, 0.29) is 4.90 Å². The Labute approximate surface area is 175 Å². The SMILES string of the molecule is O=S(=O)(Nc1ccc(Oc2cc(-n3ccnc3)ncn2)cc1)c1ccccc1Br. The van der Waals surface area contributed by atoms with Gasteiger partial charge in [0, 0.05) is 28.6 Å². The summed E-state index contributed by atoms with van der Waals surface area (Å²) in [6.07, 6.45) is 6.43. The Morgan fingerprint density at radius 3 is 2.55 bits per heavy atom. The molecule has 2 aromatic carbocycles. The molecular weight excluding hydrogens is 458 g/mol. The predicted octanol–water partition coefficient (Wildman–Crippen LogP) is 4.02. The number of ether oxygens (including phenoxy) is 1. The molecule has 2 heterocycles. The minimum atomic E-state index is -3.71. The number of hydrogen-bond acceptors (Lipinski definition) is 6. The van der Waals surface area contributed by atoms with Crippen LogP contribution in [0.25, 0.3) is 5.82 Å². The van der Waals surface area contributed by atoms with Crippen molar-refractivity contribution >= 4 is 31.6 Å². The van der Waals surface area contributed by atoms with Gasteiger partial charge in [-0.05, 0) is 52.3 Å². The van der Waals surface area contributed by atoms with Crippen molar-refractivity contribution in [1.29, 1.82) is 0 Å². The highest BCUT2D eigenvalue weighted by molar-refractivity contribution is 9.10. The second-order valence-corrected chi connectivity index (χ2v) is 8.35. The molecule has 0 bridgehead atoms. The Morgan fingerprint density at radius 2 is 1.83 bits per heavy atom. The molecule has 0 aliphatic rings. The molecule has 0 aliphatic heterocycles. The van der Waals surface area contributed by atoms with E-state index in [1.54, 1.807) is 71.8 Å². The Balaban J connectivity index is 1.49. The van der Waals surface area contributed by atoms with Crippen LogP contribution in [-0.2, 0) is 10.0 Å². The Morgan fingerprint density at radius 1 is 1.03 bits per heavy atom. The van der Waals surface area contributed by atoms with Crippen molar-refractivity contribution in [3.05, 3.63) is 84.1 Å². The zero-order chi connectivity index (χ0) is 20.3. The molecule has 2 aromatic heterocycles. The number of rotatable bonds is 6. The maximum Gasteiger partial charge on any atom is 0.263 e. The smallest absolute Gasteiger partial charge is 0.263 e. The number of hydrogen-bond donors (Lipinski definition) is 1. The van der Waals surface area contributed by atoms with Crippen molar-refractivity contribution in [2.24, 2.45) is 0 Å². The maximum atomic E-state index is 12.6. The van der Waals surface area contributed by atoms with Gasteiger partial charge >= 0.3 is 0 Å². The molecule has 4 rings (SSSR count). The van der Waals surface area contributed by atoms with E-state index in [9.17, 15) is 8.42 Å². The monoisotopic (exact) mass is 471 g/mol. The fraction of sp³-hybridized carbons (Fsp3) is 0. The van der Waals surface area contributed by atoms with Gasteiger partial charge in [0.2, 0.25) is 5.88 Å². The number of benzene rings is 2. The van der Waals surface area contributed by atoms with Gasteiger partial charge in [-0.2, -0.15) is 0 Å². The predicted molar refractivity (Wildman–Crippen MR) is 111 cm³/mol. The summed E-state index contributed by atoms with van der Waals surface area (Å²) in [6.45, 7) is 0. The lowest BCUT2D eigenvalue weighted by Crippen LogP contribution is -2.13. The van der Waals surface area contributed by atoms with Gasteiger partial charge in [-0.25, -0.2) is 23.4 Å². The van der Waals surface area contributed by atoms with Gasteiger partial charge in [0.1, 0.15) is 29.1 Å². The van der Waals surface area contributed by atoms with Crippen molar-refractivity contribution < 1.29 is 13.2 Å². The molecule has 0 saturated carbocycles. The summed E-state index contributed by atoms with van der Waals surface area (Å²) in [4.78, 5) is 12.4. The van der Waals surface area contributed by atoms with Crippen LogP contribution >= 0.6 is 15.9 Å². The fourth-order valence-electron chi connectivity index (χ4n) is 2.51. The number of halogens is 1. The quantitative estimate of drug-likeness (QED) is 0.455. The zero-order valence-electron chi connectivity index (χ0n) is 14.8. The molecule has 0 saturated heterocycles. The van der Waals surface area contributed by atoms with Crippen molar-refractivity contribution in [2.45, 2.75) is 4.90 Å². The zero-order valence-corrected chi connectivity index (χ0v) is 17.2. The van der Waals surface area contributed by atoms with Gasteiger partial charge < -0.3 is 4.74 Å². The van der Waals surface area contributed by atoms with Crippen LogP contribution < -0.4 is 9.46 Å². The second-order valence-electron chi connectivity index (χ2n) is 5.85. The van der Waals surface area contributed by atoms with E-state index in [1.807, 2.05) is 0 Å². The highest BCUT2D eigenvalue weighted by atomic mass is 79.9. The van der Waals surface area contributed by atoms with Crippen LogP contribution in [-0.4, -0.2) is 27.9 Å². The Bertz CT molecular complexity index is 1230. The maximum absolute atomic E-state index is 12.6. The summed E-state index contributed by atoms with van der Waals surface area (Å²) in [5.74, 6) is 1.47. The van der Waals surface area contributed by atoms with Crippen LogP contribution in [0.1, 0.15) is 0 Å². The summed E-state index contributed by atoms with van der Waals surface area (Å²) >= 11 is 3.26. The third-order valence-corrected chi connectivity index (χ3v) is 6.25. The van der Waals surface area contributed by atoms with E-state index in [4.69, 9.17) is 4.74 Å². The van der Waals surface area contributed by atoms with Crippen LogP contribution in [0.15, 0.2) is 89.0 Å². The fourth-order valence-corrected chi connectivity index (χ4v) is 4.57. The van der Waals surface area contributed by atoms with Crippen LogP contribution in [0, 0.1) is 0 Å². The number of nitrogens with zero attached hydrogens (tertiary/aromatic N) is 4. The molecule has 146 valence electrons. The summed E-state index contributed by atoms with van der Waals surface area (Å²) in [7, 11) is -3.71. The normalized spacial score (nSPS) is 11.2. The molecular formula is C19H14BrN5O3S. The van der Waals surface area contributed by atoms with E-state index in [0.717, 1.165) is 0 Å². The number of aromatic nitrogens is 4. The van der Waals surface area contributed by atoms with Crippen molar-refractivity contribution in [2.75, 3.05) is 4.72 Å². The van der Waals surface area contributed by atoms with Crippen LogP contribution in [0.4, 0.5) is 5.69 Å². The number of imidazole rings is 1. The summed E-state index contributed by atoms with van der Waals surface area (Å²) in [5.41, 5.74) is 0.412. The highest BCUT2D eigenvalue weighted by Gasteiger charge is 2.17. The molecule has 8 nitrogen and oxygen atoms in total. The Hall–Kier alpha value is -3.24. The number of nitrogens with one attached hydrogen (secondary N) is 1. The van der Waals surface area contributed by atoms with E-state index in [0.29, 0.717) is 27.6 Å². The third-order valence-electron chi connectivity index (χ3n) is 3.85. The standard InChI is InChI=1S/C19H14BrN5O3S/c20-16-3-1-2-4-17(16)29(26,27)24-14-5-7-15(8-6-14)28-19-11-18(22-12-23-19)25-10-9-21-13-25/h1-13,24H. The lowest BCUT2D eigenvalue weighted by atomic mass is 10.3. The molecule has 29 heavy (non-hydrogen) atoms. The van der Waals surface area contributed by atoms with Crippen molar-refractivity contribution in [3.63, 3.8) is 0 Å². The minimum absolute atomic E-state index is 0.161. The molecule has 0 fully saturated rings. The first-order valence-electron chi connectivity index (χ1n) is 8.37. The van der Waals surface area contributed by atoms with Crippen molar-refractivity contribution in [3.8, 4) is 17.4 Å². The summed E-state index contributed by atoms with van der Waals surface area (Å²) in [5, 5.41) is 0. The van der Waals surface area contributed by atoms with Crippen molar-refractivity contribution in [1.82, 2.24) is 19.5 Å². The van der Waals surface area contributed by atoms with E-state index in [2.05, 4.69) is 35.6 Å². The average Bonchev–Trinajstić information content (AvgIpc) is 3.25. The molecule has 0 radical (unpaired) electrons. The van der Waals surface area contributed by atoms with E-state index >= 15 is 0 Å². The summed E-state index contributed by atoms with van der Waals surface area (Å²) < 4.78 is 35.6.